The molecule has 0 saturated carbocycles. The zero-order chi connectivity index (χ0) is 18.5. The van der Waals surface area contributed by atoms with E-state index in [0.29, 0.717) is 19.1 Å². The maximum atomic E-state index is 6.22. The van der Waals surface area contributed by atoms with Crippen molar-refractivity contribution in [3.63, 3.8) is 0 Å². The summed E-state index contributed by atoms with van der Waals surface area (Å²) in [5, 5.41) is 3.38. The molecular formula is C22H29IN4O. The zero-order valence-corrected chi connectivity index (χ0v) is 18.5. The molecule has 4 rings (SSSR count). The Morgan fingerprint density at radius 1 is 1.07 bits per heavy atom. The minimum absolute atomic E-state index is 0. The summed E-state index contributed by atoms with van der Waals surface area (Å²) >= 11 is 0. The van der Waals surface area contributed by atoms with E-state index in [1.165, 1.54) is 30.5 Å². The summed E-state index contributed by atoms with van der Waals surface area (Å²) in [7, 11) is 0. The summed E-state index contributed by atoms with van der Waals surface area (Å²) in [6, 6.07) is 16.8. The Kier molecular flexibility index (Phi) is 7.42. The summed E-state index contributed by atoms with van der Waals surface area (Å²) < 4.78 is 5.72. The topological polar surface area (TPSA) is 62.9 Å². The highest BCUT2D eigenvalue weighted by Crippen LogP contribution is 2.31. The lowest BCUT2D eigenvalue weighted by atomic mass is 10.0. The quantitative estimate of drug-likeness (QED) is 0.381. The lowest BCUT2D eigenvalue weighted by molar-refractivity contribution is 0.262. The predicted molar refractivity (Wildman–Crippen MR) is 126 cm³/mol. The van der Waals surface area contributed by atoms with Crippen molar-refractivity contribution >= 4 is 35.6 Å². The first-order chi connectivity index (χ1) is 13.3. The maximum Gasteiger partial charge on any atom is 0.189 e. The van der Waals surface area contributed by atoms with Crippen LogP contribution in [0.15, 0.2) is 53.5 Å². The molecule has 2 heterocycles. The number of nitrogens with one attached hydrogen (secondary N) is 1. The van der Waals surface area contributed by atoms with Gasteiger partial charge in [-0.3, -0.25) is 0 Å². The fourth-order valence-electron chi connectivity index (χ4n) is 3.97. The van der Waals surface area contributed by atoms with Crippen molar-refractivity contribution in [3.8, 4) is 5.75 Å². The van der Waals surface area contributed by atoms with Gasteiger partial charge in [-0.25, -0.2) is 4.99 Å². The molecule has 6 heteroatoms. The van der Waals surface area contributed by atoms with Crippen LogP contribution in [0.2, 0.25) is 0 Å². The summed E-state index contributed by atoms with van der Waals surface area (Å²) in [4.78, 5) is 7.11. The number of benzene rings is 2. The molecule has 1 saturated heterocycles. The summed E-state index contributed by atoms with van der Waals surface area (Å²) in [5.74, 6) is 1.43. The molecule has 1 atom stereocenters. The van der Waals surface area contributed by atoms with Gasteiger partial charge in [-0.15, -0.1) is 24.0 Å². The number of halogens is 1. The molecule has 28 heavy (non-hydrogen) atoms. The van der Waals surface area contributed by atoms with E-state index < -0.39 is 0 Å². The number of rotatable bonds is 4. The van der Waals surface area contributed by atoms with Gasteiger partial charge in [-0.05, 0) is 37.0 Å². The average molecular weight is 492 g/mol. The van der Waals surface area contributed by atoms with Crippen molar-refractivity contribution in [1.82, 2.24) is 5.32 Å². The van der Waals surface area contributed by atoms with Crippen molar-refractivity contribution in [2.24, 2.45) is 10.7 Å². The van der Waals surface area contributed by atoms with Crippen LogP contribution in [-0.2, 0) is 6.54 Å². The normalized spacial score (nSPS) is 19.2. The second kappa shape index (κ2) is 10.0. The number of nitrogens with two attached hydrogens (primary N) is 1. The van der Waals surface area contributed by atoms with Gasteiger partial charge in [-0.2, -0.15) is 0 Å². The van der Waals surface area contributed by atoms with E-state index in [4.69, 9.17) is 10.5 Å². The van der Waals surface area contributed by atoms with Crippen LogP contribution in [0, 0.1) is 0 Å². The van der Waals surface area contributed by atoms with Crippen molar-refractivity contribution in [2.75, 3.05) is 24.6 Å². The maximum absolute atomic E-state index is 6.22. The zero-order valence-electron chi connectivity index (χ0n) is 16.1. The van der Waals surface area contributed by atoms with Gasteiger partial charge in [0, 0.05) is 30.8 Å². The Morgan fingerprint density at radius 3 is 2.68 bits per heavy atom. The number of ether oxygens (including phenoxy) is 1. The second-order valence-corrected chi connectivity index (χ2v) is 7.25. The molecule has 1 unspecified atom stereocenters. The van der Waals surface area contributed by atoms with Crippen molar-refractivity contribution in [1.29, 1.82) is 0 Å². The van der Waals surface area contributed by atoms with Gasteiger partial charge < -0.3 is 20.7 Å². The van der Waals surface area contributed by atoms with E-state index in [-0.39, 0.29) is 30.0 Å². The number of piperidine rings is 1. The number of fused-ring (bicyclic) bond motifs is 1. The molecule has 2 aliphatic heterocycles. The van der Waals surface area contributed by atoms with Crippen LogP contribution < -0.4 is 20.7 Å². The highest BCUT2D eigenvalue weighted by atomic mass is 127. The predicted octanol–water partition coefficient (Wildman–Crippen LogP) is 4.22. The van der Waals surface area contributed by atoms with Gasteiger partial charge in [0.1, 0.15) is 5.75 Å². The van der Waals surface area contributed by atoms with E-state index >= 15 is 0 Å². The molecule has 5 nitrogen and oxygen atoms in total. The van der Waals surface area contributed by atoms with Crippen molar-refractivity contribution in [3.05, 3.63) is 59.7 Å². The summed E-state index contributed by atoms with van der Waals surface area (Å²) in [5.41, 5.74) is 9.90. The SMILES string of the molecule is I.NC(=NCc1ccccc1N1CCCCC1)NC1CCOc2ccccc21. The van der Waals surface area contributed by atoms with E-state index in [1.54, 1.807) is 0 Å². The monoisotopic (exact) mass is 492 g/mol. The molecule has 1 fully saturated rings. The van der Waals surface area contributed by atoms with Gasteiger partial charge in [0.05, 0.1) is 19.2 Å². The molecule has 2 aliphatic rings. The molecule has 0 aromatic heterocycles. The van der Waals surface area contributed by atoms with Gasteiger partial charge in [0.15, 0.2) is 5.96 Å². The highest BCUT2D eigenvalue weighted by Gasteiger charge is 2.21. The van der Waals surface area contributed by atoms with Crippen LogP contribution in [-0.4, -0.2) is 25.7 Å². The first-order valence-electron chi connectivity index (χ1n) is 9.92. The van der Waals surface area contributed by atoms with Gasteiger partial charge in [0.25, 0.3) is 0 Å². The van der Waals surface area contributed by atoms with Crippen LogP contribution in [0.1, 0.15) is 42.9 Å². The third kappa shape index (κ3) is 4.90. The molecule has 0 aliphatic carbocycles. The second-order valence-electron chi connectivity index (χ2n) is 7.25. The van der Waals surface area contributed by atoms with Crippen LogP contribution in [0.4, 0.5) is 5.69 Å². The molecular weight excluding hydrogens is 463 g/mol. The fourth-order valence-corrected chi connectivity index (χ4v) is 3.97. The Morgan fingerprint density at radius 2 is 1.82 bits per heavy atom. The first kappa shape index (κ1) is 20.8. The molecule has 0 spiro atoms. The average Bonchev–Trinajstić information content (AvgIpc) is 2.73. The van der Waals surface area contributed by atoms with Crippen molar-refractivity contribution < 1.29 is 4.74 Å². The van der Waals surface area contributed by atoms with E-state index in [0.717, 1.165) is 30.8 Å². The smallest absolute Gasteiger partial charge is 0.189 e. The molecule has 3 N–H and O–H groups in total. The van der Waals surface area contributed by atoms with Crippen LogP contribution >= 0.6 is 24.0 Å². The number of nitrogens with zero attached hydrogens (tertiary/aromatic N) is 2. The first-order valence-corrected chi connectivity index (χ1v) is 9.92. The molecule has 2 aromatic carbocycles. The van der Waals surface area contributed by atoms with Gasteiger partial charge in [0.2, 0.25) is 0 Å². The van der Waals surface area contributed by atoms with E-state index in [1.807, 2.05) is 18.2 Å². The molecule has 0 bridgehead atoms. The number of aliphatic imine (C=N–C) groups is 1. The number of hydrogen-bond acceptors (Lipinski definition) is 3. The largest absolute Gasteiger partial charge is 0.493 e. The molecule has 0 radical (unpaired) electrons. The fraction of sp³-hybridized carbons (Fsp3) is 0.409. The van der Waals surface area contributed by atoms with Gasteiger partial charge in [-0.1, -0.05) is 36.4 Å². The molecule has 2 aromatic rings. The third-order valence-electron chi connectivity index (χ3n) is 5.39. The Bertz CT molecular complexity index is 805. The number of anilines is 1. The number of hydrogen-bond donors (Lipinski definition) is 2. The summed E-state index contributed by atoms with van der Waals surface area (Å²) in [6.07, 6.45) is 4.76. The van der Waals surface area contributed by atoms with Crippen LogP contribution in [0.5, 0.6) is 5.75 Å². The van der Waals surface area contributed by atoms with E-state index in [2.05, 4.69) is 45.5 Å². The van der Waals surface area contributed by atoms with E-state index in [9.17, 15) is 0 Å². The Labute approximate surface area is 184 Å². The Hall–Kier alpha value is -1.96. The minimum Gasteiger partial charge on any atom is -0.493 e. The Balaban J connectivity index is 0.00000225. The number of para-hydroxylation sites is 2. The molecule has 150 valence electrons. The van der Waals surface area contributed by atoms with Crippen molar-refractivity contribution in [2.45, 2.75) is 38.3 Å². The van der Waals surface area contributed by atoms with Gasteiger partial charge >= 0.3 is 0 Å². The molecule has 0 amide bonds. The minimum atomic E-state index is 0. The lowest BCUT2D eigenvalue weighted by Crippen LogP contribution is -2.37. The third-order valence-corrected chi connectivity index (χ3v) is 5.39. The standard InChI is InChI=1S/C22H28N4O.HI/c23-22(25-19-12-15-27-21-11-5-3-9-18(19)21)24-16-17-8-2-4-10-20(17)26-13-6-1-7-14-26;/h2-5,8-11,19H,1,6-7,12-16H2,(H3,23,24,25);1H. The lowest BCUT2D eigenvalue weighted by Gasteiger charge is -2.30. The highest BCUT2D eigenvalue weighted by molar-refractivity contribution is 14.0. The van der Waals surface area contributed by atoms with Crippen LogP contribution in [0.3, 0.4) is 0 Å². The summed E-state index contributed by atoms with van der Waals surface area (Å²) in [6.45, 7) is 3.55. The van der Waals surface area contributed by atoms with Crippen LogP contribution in [0.25, 0.3) is 0 Å². The number of guanidine groups is 1.